The van der Waals surface area contributed by atoms with E-state index in [2.05, 4.69) is 10.1 Å². The number of nitrogens with one attached hydrogen (secondary N) is 1. The minimum Gasteiger partial charge on any atom is -0.412 e. The summed E-state index contributed by atoms with van der Waals surface area (Å²) in [4.78, 5) is 11.0. The molecular formula is C9H15ClN2O3. The number of nitrogen functional groups attached to an aromatic ring is 1. The van der Waals surface area contributed by atoms with Crippen molar-refractivity contribution in [1.29, 1.82) is 0 Å². The van der Waals surface area contributed by atoms with Gasteiger partial charge in [-0.25, -0.2) is 0 Å². The third-order valence-electron chi connectivity index (χ3n) is 1.45. The Morgan fingerprint density at radius 3 is 2.73 bits per heavy atom. The van der Waals surface area contributed by atoms with Crippen molar-refractivity contribution in [3.63, 3.8) is 0 Å². The van der Waals surface area contributed by atoms with E-state index >= 15 is 0 Å². The summed E-state index contributed by atoms with van der Waals surface area (Å²) in [5.74, 6) is -0.187. The van der Waals surface area contributed by atoms with Gasteiger partial charge in [-0.15, -0.1) is 12.4 Å². The van der Waals surface area contributed by atoms with Crippen LogP contribution in [0.3, 0.4) is 0 Å². The number of methoxy groups -OCH3 is 1. The molecule has 0 bridgehead atoms. The molecule has 0 aliphatic carbocycles. The van der Waals surface area contributed by atoms with E-state index in [-0.39, 0.29) is 30.4 Å². The van der Waals surface area contributed by atoms with Crippen LogP contribution in [-0.4, -0.2) is 25.1 Å². The normalized spacial score (nSPS) is 8.33. The summed E-state index contributed by atoms with van der Waals surface area (Å²) in [6.07, 6.45) is 0. The Hall–Kier alpha value is -1.30. The minimum atomic E-state index is -0.187. The second-order valence-electron chi connectivity index (χ2n) is 2.61. The van der Waals surface area contributed by atoms with Crippen LogP contribution in [0.15, 0.2) is 24.3 Å². The lowest BCUT2D eigenvalue weighted by atomic mass is 10.3. The summed E-state index contributed by atoms with van der Waals surface area (Å²) in [5.41, 5.74) is 6.83. The van der Waals surface area contributed by atoms with Gasteiger partial charge >= 0.3 is 0 Å². The van der Waals surface area contributed by atoms with Crippen molar-refractivity contribution in [3.8, 4) is 0 Å². The van der Waals surface area contributed by atoms with Gasteiger partial charge in [0.2, 0.25) is 5.91 Å². The van der Waals surface area contributed by atoms with Crippen molar-refractivity contribution in [3.05, 3.63) is 24.3 Å². The molecule has 5 nitrogen and oxygen atoms in total. The summed E-state index contributed by atoms with van der Waals surface area (Å²) in [6, 6.07) is 6.99. The topological polar surface area (TPSA) is 95.8 Å². The Labute approximate surface area is 94.3 Å². The van der Waals surface area contributed by atoms with Crippen LogP contribution in [0.2, 0.25) is 0 Å². The lowest BCUT2D eigenvalue weighted by molar-refractivity contribution is -0.119. The average Bonchev–Trinajstić information content (AvgIpc) is 2.04. The Morgan fingerprint density at radius 1 is 1.53 bits per heavy atom. The molecule has 0 unspecified atom stereocenters. The van der Waals surface area contributed by atoms with E-state index in [4.69, 9.17) is 5.73 Å². The average molecular weight is 235 g/mol. The molecule has 1 aromatic carbocycles. The van der Waals surface area contributed by atoms with Gasteiger partial charge in [0.05, 0.1) is 0 Å². The number of nitrogens with two attached hydrogens (primary N) is 1. The van der Waals surface area contributed by atoms with Crippen LogP contribution in [0, 0.1) is 0 Å². The Bertz CT molecular complexity index is 307. The quantitative estimate of drug-likeness (QED) is 0.744. The van der Waals surface area contributed by atoms with Crippen molar-refractivity contribution in [1.82, 2.24) is 0 Å². The molecule has 0 aliphatic heterocycles. The standard InChI is InChI=1S/C9H12N2O2.ClH.H2O/c1-13-6-9(12)11-8-4-2-3-7(10)5-8;;/h2-5H,6,10H2,1H3,(H,11,12);1H;1H2. The first-order valence-electron chi connectivity index (χ1n) is 3.86. The predicted molar refractivity (Wildman–Crippen MR) is 62.2 cm³/mol. The van der Waals surface area contributed by atoms with E-state index in [1.54, 1.807) is 24.3 Å². The first-order chi connectivity index (χ1) is 6.22. The van der Waals surface area contributed by atoms with Gasteiger partial charge in [-0.2, -0.15) is 0 Å². The Morgan fingerprint density at radius 2 is 2.20 bits per heavy atom. The lowest BCUT2D eigenvalue weighted by Crippen LogP contribution is -2.17. The van der Waals surface area contributed by atoms with Gasteiger partial charge in [-0.3, -0.25) is 4.79 Å². The molecule has 0 heterocycles. The molecule has 0 saturated heterocycles. The highest BCUT2D eigenvalue weighted by molar-refractivity contribution is 5.92. The van der Waals surface area contributed by atoms with Gasteiger partial charge in [0.25, 0.3) is 0 Å². The molecule has 1 amide bonds. The predicted octanol–water partition coefficient (Wildman–Crippen LogP) is 0.451. The lowest BCUT2D eigenvalue weighted by Gasteiger charge is -2.04. The van der Waals surface area contributed by atoms with Gasteiger partial charge in [-0.05, 0) is 18.2 Å². The van der Waals surface area contributed by atoms with E-state index in [9.17, 15) is 4.79 Å². The van der Waals surface area contributed by atoms with Crippen LogP contribution in [0.25, 0.3) is 0 Å². The highest BCUT2D eigenvalue weighted by atomic mass is 35.5. The summed E-state index contributed by atoms with van der Waals surface area (Å²) in [5, 5.41) is 2.64. The maximum absolute atomic E-state index is 11.0. The third kappa shape index (κ3) is 5.90. The first kappa shape index (κ1) is 16.1. The van der Waals surface area contributed by atoms with Crippen LogP contribution in [0.4, 0.5) is 11.4 Å². The fraction of sp³-hybridized carbons (Fsp3) is 0.222. The zero-order chi connectivity index (χ0) is 9.68. The summed E-state index contributed by atoms with van der Waals surface area (Å²) < 4.78 is 4.66. The number of carbonyl (C=O) groups is 1. The van der Waals surface area contributed by atoms with Crippen LogP contribution in [0.1, 0.15) is 0 Å². The van der Waals surface area contributed by atoms with Crippen LogP contribution in [0.5, 0.6) is 0 Å². The van der Waals surface area contributed by atoms with Crippen molar-refractivity contribution >= 4 is 29.7 Å². The summed E-state index contributed by atoms with van der Waals surface area (Å²) in [6.45, 7) is 0.0504. The van der Waals surface area contributed by atoms with Crippen LogP contribution < -0.4 is 11.1 Å². The second-order valence-corrected chi connectivity index (χ2v) is 2.61. The highest BCUT2D eigenvalue weighted by Crippen LogP contribution is 2.11. The van der Waals surface area contributed by atoms with Crippen molar-refractivity contribution in [2.75, 3.05) is 24.8 Å². The fourth-order valence-electron chi connectivity index (χ4n) is 0.945. The Balaban J connectivity index is 0. The molecule has 0 aliphatic rings. The van der Waals surface area contributed by atoms with Gasteiger partial charge in [0, 0.05) is 18.5 Å². The number of anilines is 2. The molecule has 0 fully saturated rings. The van der Waals surface area contributed by atoms with Crippen molar-refractivity contribution in [2.45, 2.75) is 0 Å². The number of halogens is 1. The molecule has 15 heavy (non-hydrogen) atoms. The molecule has 0 saturated carbocycles. The molecule has 5 N–H and O–H groups in total. The molecule has 6 heteroatoms. The molecule has 86 valence electrons. The van der Waals surface area contributed by atoms with Crippen molar-refractivity contribution in [2.24, 2.45) is 0 Å². The number of ether oxygens (including phenoxy) is 1. The largest absolute Gasteiger partial charge is 0.412 e. The summed E-state index contributed by atoms with van der Waals surface area (Å²) >= 11 is 0. The smallest absolute Gasteiger partial charge is 0.250 e. The molecule has 0 atom stereocenters. The van der Waals surface area contributed by atoms with Gasteiger partial charge in [0.15, 0.2) is 0 Å². The Kier molecular flexibility index (Phi) is 8.66. The molecule has 1 aromatic rings. The van der Waals surface area contributed by atoms with E-state index in [0.717, 1.165) is 0 Å². The molecule has 0 radical (unpaired) electrons. The molecule has 0 aromatic heterocycles. The van der Waals surface area contributed by atoms with E-state index in [1.807, 2.05) is 0 Å². The monoisotopic (exact) mass is 234 g/mol. The number of amides is 1. The third-order valence-corrected chi connectivity index (χ3v) is 1.45. The van der Waals surface area contributed by atoms with Gasteiger partial charge in [0.1, 0.15) is 6.61 Å². The fourth-order valence-corrected chi connectivity index (χ4v) is 0.945. The maximum atomic E-state index is 11.0. The zero-order valence-electron chi connectivity index (χ0n) is 8.32. The number of benzene rings is 1. The van der Waals surface area contributed by atoms with Crippen LogP contribution in [-0.2, 0) is 9.53 Å². The number of hydrogen-bond donors (Lipinski definition) is 2. The first-order valence-corrected chi connectivity index (χ1v) is 3.86. The second kappa shape index (κ2) is 8.05. The minimum absolute atomic E-state index is 0. The van der Waals surface area contributed by atoms with Gasteiger partial charge < -0.3 is 21.3 Å². The maximum Gasteiger partial charge on any atom is 0.250 e. The number of rotatable bonds is 3. The summed E-state index contributed by atoms with van der Waals surface area (Å²) in [7, 11) is 1.47. The van der Waals surface area contributed by atoms with Crippen molar-refractivity contribution < 1.29 is 15.0 Å². The van der Waals surface area contributed by atoms with Gasteiger partial charge in [-0.1, -0.05) is 6.07 Å². The molecular weight excluding hydrogens is 220 g/mol. The SMILES string of the molecule is COCC(=O)Nc1cccc(N)c1.Cl.O. The van der Waals surface area contributed by atoms with E-state index in [1.165, 1.54) is 7.11 Å². The highest BCUT2D eigenvalue weighted by Gasteiger charge is 2.00. The van der Waals surface area contributed by atoms with E-state index < -0.39 is 0 Å². The molecule has 1 rings (SSSR count). The number of hydrogen-bond acceptors (Lipinski definition) is 3. The zero-order valence-corrected chi connectivity index (χ0v) is 9.14. The van der Waals surface area contributed by atoms with Crippen LogP contribution >= 0.6 is 12.4 Å². The molecule has 0 spiro atoms. The number of carbonyl (C=O) groups excluding carboxylic acids is 1. The van der Waals surface area contributed by atoms with E-state index in [0.29, 0.717) is 11.4 Å².